The van der Waals surface area contributed by atoms with E-state index in [0.717, 1.165) is 41.7 Å². The van der Waals surface area contributed by atoms with Crippen molar-refractivity contribution in [2.75, 3.05) is 25.1 Å². The van der Waals surface area contributed by atoms with Crippen LogP contribution in [0.2, 0.25) is 0 Å². The van der Waals surface area contributed by atoms with E-state index in [4.69, 9.17) is 4.74 Å². The second-order valence-electron chi connectivity index (χ2n) is 4.67. The number of carbonyl (C=O) groups excluding carboxylic acids is 1. The molecule has 0 bridgehead atoms. The summed E-state index contributed by atoms with van der Waals surface area (Å²) in [7, 11) is 1.77. The highest BCUT2D eigenvalue weighted by Gasteiger charge is 2.20. The molecule has 1 unspecified atom stereocenters. The Morgan fingerprint density at radius 2 is 2.28 bits per heavy atom. The van der Waals surface area contributed by atoms with Gasteiger partial charge in [0.15, 0.2) is 5.78 Å². The van der Waals surface area contributed by atoms with E-state index in [0.29, 0.717) is 6.10 Å². The van der Waals surface area contributed by atoms with Gasteiger partial charge in [0.1, 0.15) is 0 Å². The molecule has 0 radical (unpaired) electrons. The number of hydrogen-bond acceptors (Lipinski definition) is 3. The molecule has 1 aliphatic rings. The molecule has 0 spiro atoms. The average molecular weight is 312 g/mol. The summed E-state index contributed by atoms with van der Waals surface area (Å²) >= 11 is 3.47. The number of ketones is 1. The van der Waals surface area contributed by atoms with Gasteiger partial charge in [-0.1, -0.05) is 0 Å². The normalized spacial score (nSPS) is 19.9. The average Bonchev–Trinajstić information content (AvgIpc) is 2.38. The quantitative estimate of drug-likeness (QED) is 0.802. The van der Waals surface area contributed by atoms with Gasteiger partial charge in [0.05, 0.1) is 6.10 Å². The molecule has 18 heavy (non-hydrogen) atoms. The number of ether oxygens (including phenoxy) is 1. The number of nitrogens with zero attached hydrogens (tertiary/aromatic N) is 1. The molecule has 0 amide bonds. The number of anilines is 1. The first-order chi connectivity index (χ1) is 8.61. The van der Waals surface area contributed by atoms with E-state index >= 15 is 0 Å². The van der Waals surface area contributed by atoms with Gasteiger partial charge >= 0.3 is 0 Å². The van der Waals surface area contributed by atoms with Crippen LogP contribution in [0.3, 0.4) is 0 Å². The van der Waals surface area contributed by atoms with E-state index in [-0.39, 0.29) is 5.78 Å². The van der Waals surface area contributed by atoms with E-state index in [1.54, 1.807) is 14.0 Å². The Bertz CT molecular complexity index is 447. The fraction of sp³-hybridized carbons (Fsp3) is 0.500. The first-order valence-corrected chi connectivity index (χ1v) is 6.99. The van der Waals surface area contributed by atoms with Crippen LogP contribution in [0.1, 0.15) is 30.1 Å². The highest BCUT2D eigenvalue weighted by molar-refractivity contribution is 9.10. The Hall–Kier alpha value is -0.870. The van der Waals surface area contributed by atoms with Crippen LogP contribution in [0.5, 0.6) is 0 Å². The number of carbonyl (C=O) groups is 1. The third-order valence-electron chi connectivity index (χ3n) is 3.41. The van der Waals surface area contributed by atoms with Crippen molar-refractivity contribution in [3.8, 4) is 0 Å². The van der Waals surface area contributed by atoms with Crippen molar-refractivity contribution in [2.24, 2.45) is 0 Å². The van der Waals surface area contributed by atoms with Crippen LogP contribution < -0.4 is 4.90 Å². The molecule has 98 valence electrons. The van der Waals surface area contributed by atoms with Gasteiger partial charge in [-0.3, -0.25) is 4.79 Å². The molecule has 0 aliphatic carbocycles. The van der Waals surface area contributed by atoms with Gasteiger partial charge in [-0.15, -0.1) is 0 Å². The van der Waals surface area contributed by atoms with E-state index in [1.165, 1.54) is 0 Å². The predicted octanol–water partition coefficient (Wildman–Crippen LogP) is 3.27. The van der Waals surface area contributed by atoms with Crippen molar-refractivity contribution in [3.05, 3.63) is 28.2 Å². The lowest BCUT2D eigenvalue weighted by atomic mass is 10.1. The lowest BCUT2D eigenvalue weighted by molar-refractivity contribution is 0.0893. The number of methoxy groups -OCH3 is 1. The molecule has 3 nitrogen and oxygen atoms in total. The topological polar surface area (TPSA) is 29.5 Å². The fourth-order valence-corrected chi connectivity index (χ4v) is 3.00. The smallest absolute Gasteiger partial charge is 0.160 e. The first kappa shape index (κ1) is 13.6. The second kappa shape index (κ2) is 5.85. The molecule has 2 rings (SSSR count). The van der Waals surface area contributed by atoms with Gasteiger partial charge in [0.25, 0.3) is 0 Å². The summed E-state index contributed by atoms with van der Waals surface area (Å²) in [5, 5.41) is 0. The van der Waals surface area contributed by atoms with Crippen molar-refractivity contribution >= 4 is 27.4 Å². The fourth-order valence-electron chi connectivity index (χ4n) is 2.35. The minimum Gasteiger partial charge on any atom is -0.380 e. The van der Waals surface area contributed by atoms with Crippen LogP contribution in [0, 0.1) is 0 Å². The Balaban J connectivity index is 2.18. The lowest BCUT2D eigenvalue weighted by Gasteiger charge is -2.33. The van der Waals surface area contributed by atoms with Crippen LogP contribution in [0.25, 0.3) is 0 Å². The van der Waals surface area contributed by atoms with Gasteiger partial charge in [-0.2, -0.15) is 0 Å². The van der Waals surface area contributed by atoms with Crippen molar-refractivity contribution in [2.45, 2.75) is 25.9 Å². The molecule has 1 aromatic carbocycles. The molecular weight excluding hydrogens is 294 g/mol. The van der Waals surface area contributed by atoms with Gasteiger partial charge < -0.3 is 9.64 Å². The summed E-state index contributed by atoms with van der Waals surface area (Å²) in [6.45, 7) is 3.55. The molecule has 0 N–H and O–H groups in total. The number of piperidine rings is 1. The Morgan fingerprint density at radius 1 is 1.50 bits per heavy atom. The van der Waals surface area contributed by atoms with E-state index in [2.05, 4.69) is 20.8 Å². The number of benzene rings is 1. The molecule has 1 atom stereocenters. The number of halogens is 1. The zero-order valence-electron chi connectivity index (χ0n) is 10.8. The minimum absolute atomic E-state index is 0.0850. The van der Waals surface area contributed by atoms with Gasteiger partial charge in [-0.05, 0) is 53.9 Å². The third kappa shape index (κ3) is 2.93. The monoisotopic (exact) mass is 311 g/mol. The molecule has 1 saturated heterocycles. The third-order valence-corrected chi connectivity index (χ3v) is 4.06. The first-order valence-electron chi connectivity index (χ1n) is 6.20. The zero-order chi connectivity index (χ0) is 13.1. The number of rotatable bonds is 3. The summed E-state index contributed by atoms with van der Waals surface area (Å²) in [6, 6.07) is 5.92. The SMILES string of the molecule is COC1CCCN(c2ccc(C(C)=O)c(Br)c2)C1. The molecule has 1 aromatic rings. The molecule has 1 fully saturated rings. The number of Topliss-reactive ketones (excluding diaryl/α,β-unsaturated/α-hetero) is 1. The lowest BCUT2D eigenvalue weighted by Crippen LogP contribution is -2.39. The maximum Gasteiger partial charge on any atom is 0.160 e. The Morgan fingerprint density at radius 3 is 2.89 bits per heavy atom. The van der Waals surface area contributed by atoms with Crippen LogP contribution in [0.4, 0.5) is 5.69 Å². The van der Waals surface area contributed by atoms with Crippen molar-refractivity contribution < 1.29 is 9.53 Å². The summed E-state index contributed by atoms with van der Waals surface area (Å²) in [5.74, 6) is 0.0850. The van der Waals surface area contributed by atoms with Crippen LogP contribution in [0.15, 0.2) is 22.7 Å². The molecular formula is C14H18BrNO2. The Kier molecular flexibility index (Phi) is 4.40. The minimum atomic E-state index is 0.0850. The van der Waals surface area contributed by atoms with Gasteiger partial charge in [0.2, 0.25) is 0 Å². The highest BCUT2D eigenvalue weighted by Crippen LogP contribution is 2.27. The van der Waals surface area contributed by atoms with E-state index in [9.17, 15) is 4.79 Å². The van der Waals surface area contributed by atoms with Gasteiger partial charge in [-0.25, -0.2) is 0 Å². The van der Waals surface area contributed by atoms with Gasteiger partial charge in [0, 0.05) is 35.9 Å². The number of hydrogen-bond donors (Lipinski definition) is 0. The Labute approximate surface area is 116 Å². The molecule has 4 heteroatoms. The maximum atomic E-state index is 11.4. The summed E-state index contributed by atoms with van der Waals surface area (Å²) < 4.78 is 6.30. The van der Waals surface area contributed by atoms with Crippen LogP contribution in [-0.4, -0.2) is 32.1 Å². The summed E-state index contributed by atoms with van der Waals surface area (Å²) in [5.41, 5.74) is 1.88. The van der Waals surface area contributed by atoms with Crippen molar-refractivity contribution in [3.63, 3.8) is 0 Å². The van der Waals surface area contributed by atoms with Crippen LogP contribution in [-0.2, 0) is 4.74 Å². The zero-order valence-corrected chi connectivity index (χ0v) is 12.4. The molecule has 1 aliphatic heterocycles. The van der Waals surface area contributed by atoms with E-state index < -0.39 is 0 Å². The standard InChI is InChI=1S/C14H18BrNO2/c1-10(17)13-6-5-11(8-14(13)15)16-7-3-4-12(9-16)18-2/h5-6,8,12H,3-4,7,9H2,1-2H3. The highest BCUT2D eigenvalue weighted by atomic mass is 79.9. The summed E-state index contributed by atoms with van der Waals surface area (Å²) in [4.78, 5) is 13.7. The van der Waals surface area contributed by atoms with Crippen molar-refractivity contribution in [1.82, 2.24) is 0 Å². The molecule has 0 saturated carbocycles. The molecule has 0 aromatic heterocycles. The van der Waals surface area contributed by atoms with Crippen LogP contribution >= 0.6 is 15.9 Å². The van der Waals surface area contributed by atoms with Crippen molar-refractivity contribution in [1.29, 1.82) is 0 Å². The largest absolute Gasteiger partial charge is 0.380 e. The maximum absolute atomic E-state index is 11.4. The van der Waals surface area contributed by atoms with E-state index in [1.807, 2.05) is 18.2 Å². The molecule has 1 heterocycles. The predicted molar refractivity (Wildman–Crippen MR) is 76.4 cm³/mol. The summed E-state index contributed by atoms with van der Waals surface area (Å²) in [6.07, 6.45) is 2.58. The second-order valence-corrected chi connectivity index (χ2v) is 5.52.